The minimum absolute atomic E-state index is 0.00220. The van der Waals surface area contributed by atoms with Crippen LogP contribution in [0.3, 0.4) is 0 Å². The Labute approximate surface area is 179 Å². The first-order valence-electron chi connectivity index (χ1n) is 9.51. The molecule has 1 aliphatic rings. The molecule has 0 saturated heterocycles. The highest BCUT2D eigenvalue weighted by Crippen LogP contribution is 2.28. The fourth-order valence-electron chi connectivity index (χ4n) is 3.40. The SMILES string of the molecule is CC1CN(CC(=O)NCc2nc(-c3ccccc3)cs2)Cc2cc(Cl)ccc2O1. The van der Waals surface area contributed by atoms with Crippen molar-refractivity contribution in [2.75, 3.05) is 13.1 Å². The molecule has 29 heavy (non-hydrogen) atoms. The molecule has 0 fully saturated rings. The van der Waals surface area contributed by atoms with E-state index in [2.05, 4.69) is 15.2 Å². The van der Waals surface area contributed by atoms with E-state index < -0.39 is 0 Å². The van der Waals surface area contributed by atoms with Crippen molar-refractivity contribution in [1.82, 2.24) is 15.2 Å². The van der Waals surface area contributed by atoms with Crippen LogP contribution in [-0.4, -0.2) is 35.0 Å². The van der Waals surface area contributed by atoms with Crippen molar-refractivity contribution in [1.29, 1.82) is 0 Å². The molecule has 7 heteroatoms. The van der Waals surface area contributed by atoms with Gasteiger partial charge in [0, 0.05) is 34.6 Å². The summed E-state index contributed by atoms with van der Waals surface area (Å²) in [5, 5.41) is 6.56. The van der Waals surface area contributed by atoms with Crippen LogP contribution in [0.15, 0.2) is 53.9 Å². The molecule has 0 radical (unpaired) electrons. The van der Waals surface area contributed by atoms with Crippen LogP contribution in [0.1, 0.15) is 17.5 Å². The lowest BCUT2D eigenvalue weighted by molar-refractivity contribution is -0.122. The lowest BCUT2D eigenvalue weighted by atomic mass is 10.2. The summed E-state index contributed by atoms with van der Waals surface area (Å²) in [6, 6.07) is 15.7. The summed E-state index contributed by atoms with van der Waals surface area (Å²) < 4.78 is 5.96. The number of hydrogen-bond acceptors (Lipinski definition) is 5. The minimum atomic E-state index is -0.0286. The number of carbonyl (C=O) groups excluding carboxylic acids is 1. The van der Waals surface area contributed by atoms with Gasteiger partial charge in [0.05, 0.1) is 18.8 Å². The van der Waals surface area contributed by atoms with E-state index in [0.717, 1.165) is 27.6 Å². The van der Waals surface area contributed by atoms with Crippen molar-refractivity contribution >= 4 is 28.8 Å². The summed E-state index contributed by atoms with van der Waals surface area (Å²) in [5.74, 6) is 0.806. The van der Waals surface area contributed by atoms with E-state index in [9.17, 15) is 4.79 Å². The van der Waals surface area contributed by atoms with Crippen LogP contribution >= 0.6 is 22.9 Å². The molecule has 5 nitrogen and oxygen atoms in total. The number of fused-ring (bicyclic) bond motifs is 1. The monoisotopic (exact) mass is 427 g/mol. The Morgan fingerprint density at radius 2 is 2.14 bits per heavy atom. The highest BCUT2D eigenvalue weighted by atomic mass is 35.5. The van der Waals surface area contributed by atoms with Gasteiger partial charge < -0.3 is 10.1 Å². The molecule has 1 aliphatic heterocycles. The smallest absolute Gasteiger partial charge is 0.234 e. The van der Waals surface area contributed by atoms with Crippen LogP contribution in [-0.2, 0) is 17.9 Å². The van der Waals surface area contributed by atoms with Gasteiger partial charge in [0.15, 0.2) is 0 Å². The number of hydrogen-bond donors (Lipinski definition) is 1. The molecule has 1 unspecified atom stereocenters. The molecular formula is C22H22ClN3O2S. The number of carbonyl (C=O) groups is 1. The van der Waals surface area contributed by atoms with Crippen molar-refractivity contribution in [2.45, 2.75) is 26.1 Å². The number of benzene rings is 2. The molecular weight excluding hydrogens is 406 g/mol. The predicted molar refractivity (Wildman–Crippen MR) is 116 cm³/mol. The highest BCUT2D eigenvalue weighted by Gasteiger charge is 2.22. The molecule has 150 valence electrons. The van der Waals surface area contributed by atoms with Gasteiger partial charge in [-0.2, -0.15) is 0 Å². The fraction of sp³-hybridized carbons (Fsp3) is 0.273. The Hall–Kier alpha value is -2.41. The number of rotatable bonds is 5. The first-order valence-corrected chi connectivity index (χ1v) is 10.8. The van der Waals surface area contributed by atoms with Crippen LogP contribution in [0.2, 0.25) is 5.02 Å². The zero-order valence-electron chi connectivity index (χ0n) is 16.1. The van der Waals surface area contributed by atoms with Gasteiger partial charge in [-0.1, -0.05) is 41.9 Å². The summed E-state index contributed by atoms with van der Waals surface area (Å²) >= 11 is 7.68. The molecule has 0 saturated carbocycles. The van der Waals surface area contributed by atoms with Crippen molar-refractivity contribution in [2.24, 2.45) is 0 Å². The minimum Gasteiger partial charge on any atom is -0.489 e. The number of aromatic nitrogens is 1. The van der Waals surface area contributed by atoms with E-state index >= 15 is 0 Å². The van der Waals surface area contributed by atoms with Gasteiger partial charge in [-0.05, 0) is 25.1 Å². The Morgan fingerprint density at radius 1 is 1.31 bits per heavy atom. The van der Waals surface area contributed by atoms with Gasteiger partial charge in [0.25, 0.3) is 0 Å². The van der Waals surface area contributed by atoms with Crippen LogP contribution in [0, 0.1) is 0 Å². The van der Waals surface area contributed by atoms with E-state index in [1.807, 2.05) is 60.8 Å². The molecule has 3 aromatic rings. The lowest BCUT2D eigenvalue weighted by Gasteiger charge is -2.21. The Balaban J connectivity index is 1.34. The van der Waals surface area contributed by atoms with Crippen molar-refractivity contribution in [3.8, 4) is 17.0 Å². The maximum atomic E-state index is 12.5. The second-order valence-corrected chi connectivity index (χ2v) is 8.50. The Bertz CT molecular complexity index is 993. The largest absolute Gasteiger partial charge is 0.489 e. The maximum Gasteiger partial charge on any atom is 0.234 e. The molecule has 1 atom stereocenters. The number of nitrogens with one attached hydrogen (secondary N) is 1. The summed E-state index contributed by atoms with van der Waals surface area (Å²) in [6.07, 6.45) is -0.00220. The number of ether oxygens (including phenoxy) is 1. The third-order valence-electron chi connectivity index (χ3n) is 4.69. The standard InChI is InChI=1S/C22H22ClN3O2S/c1-15-11-26(12-17-9-18(23)7-8-20(17)28-15)13-21(27)24-10-22-25-19(14-29-22)16-5-3-2-4-6-16/h2-9,14-15H,10-13H2,1H3,(H,24,27). The van der Waals surface area contributed by atoms with Crippen LogP contribution in [0.5, 0.6) is 5.75 Å². The van der Waals surface area contributed by atoms with Gasteiger partial charge in [0.2, 0.25) is 5.91 Å². The summed E-state index contributed by atoms with van der Waals surface area (Å²) in [5.41, 5.74) is 3.02. The average Bonchev–Trinajstić information content (AvgIpc) is 3.12. The van der Waals surface area contributed by atoms with E-state index in [4.69, 9.17) is 16.3 Å². The van der Waals surface area contributed by atoms with Crippen molar-refractivity contribution in [3.05, 3.63) is 69.5 Å². The van der Waals surface area contributed by atoms with Gasteiger partial charge >= 0.3 is 0 Å². The zero-order valence-corrected chi connectivity index (χ0v) is 17.7. The first kappa shape index (κ1) is 19.9. The lowest BCUT2D eigenvalue weighted by Crippen LogP contribution is -2.39. The van der Waals surface area contributed by atoms with Crippen LogP contribution in [0.4, 0.5) is 0 Å². The maximum absolute atomic E-state index is 12.5. The molecule has 0 bridgehead atoms. The molecule has 0 spiro atoms. The normalized spacial score (nSPS) is 16.6. The van der Waals surface area contributed by atoms with Gasteiger partial charge in [-0.15, -0.1) is 11.3 Å². The average molecular weight is 428 g/mol. The molecule has 1 aromatic heterocycles. The number of nitrogens with zero attached hydrogens (tertiary/aromatic N) is 2. The second-order valence-electron chi connectivity index (χ2n) is 7.12. The molecule has 0 aliphatic carbocycles. The molecule has 2 heterocycles. The quantitative estimate of drug-likeness (QED) is 0.657. The predicted octanol–water partition coefficient (Wildman–Crippen LogP) is 4.36. The zero-order chi connectivity index (χ0) is 20.2. The second kappa shape index (κ2) is 8.95. The topological polar surface area (TPSA) is 54.5 Å². The van der Waals surface area contributed by atoms with Crippen LogP contribution < -0.4 is 10.1 Å². The third kappa shape index (κ3) is 5.15. The van der Waals surface area contributed by atoms with E-state index in [0.29, 0.717) is 31.2 Å². The summed E-state index contributed by atoms with van der Waals surface area (Å²) in [4.78, 5) is 19.2. The number of halogens is 1. The molecule has 1 N–H and O–H groups in total. The molecule has 4 rings (SSSR count). The first-order chi connectivity index (χ1) is 14.1. The molecule has 1 amide bonds. The Morgan fingerprint density at radius 3 is 2.97 bits per heavy atom. The summed E-state index contributed by atoms with van der Waals surface area (Å²) in [7, 11) is 0. The van der Waals surface area contributed by atoms with E-state index in [1.165, 1.54) is 0 Å². The van der Waals surface area contributed by atoms with Gasteiger partial charge in [0.1, 0.15) is 16.9 Å². The van der Waals surface area contributed by atoms with Crippen molar-refractivity contribution in [3.63, 3.8) is 0 Å². The number of thiazole rings is 1. The third-order valence-corrected chi connectivity index (χ3v) is 5.77. The molecule has 2 aromatic carbocycles. The fourth-order valence-corrected chi connectivity index (χ4v) is 4.33. The van der Waals surface area contributed by atoms with E-state index in [1.54, 1.807) is 11.3 Å². The van der Waals surface area contributed by atoms with Gasteiger partial charge in [-0.3, -0.25) is 9.69 Å². The summed E-state index contributed by atoms with van der Waals surface area (Å²) in [6.45, 7) is 4.04. The number of amides is 1. The van der Waals surface area contributed by atoms with Gasteiger partial charge in [-0.25, -0.2) is 4.98 Å². The van der Waals surface area contributed by atoms with Crippen molar-refractivity contribution < 1.29 is 9.53 Å². The Kier molecular flexibility index (Phi) is 6.13. The van der Waals surface area contributed by atoms with E-state index in [-0.39, 0.29) is 12.0 Å². The highest BCUT2D eigenvalue weighted by molar-refractivity contribution is 7.09. The van der Waals surface area contributed by atoms with Crippen LogP contribution in [0.25, 0.3) is 11.3 Å².